The molecule has 0 spiro atoms. The summed E-state index contributed by atoms with van der Waals surface area (Å²) in [5, 5.41) is 12.6. The second-order valence-electron chi connectivity index (χ2n) is 5.52. The third kappa shape index (κ3) is 1.51. The topological polar surface area (TPSA) is 32.3 Å². The molecule has 92 valence electrons. The Morgan fingerprint density at radius 1 is 1.24 bits per heavy atom. The van der Waals surface area contributed by atoms with Gasteiger partial charge in [0.05, 0.1) is 0 Å². The summed E-state index contributed by atoms with van der Waals surface area (Å²) in [5.74, 6) is -1.01. The van der Waals surface area contributed by atoms with E-state index in [2.05, 4.69) is 5.32 Å². The molecule has 2 saturated heterocycles. The molecular weight excluding hydrogens is 224 g/mol. The standard InChI is InChI=1S/C13H15F2NO/c14-9-1-2-10(11(15)3-9)13-4-12(5-13,8-17)6-16-7-13/h1-3,16-17H,4-8H2. The Bertz CT molecular complexity index is 455. The zero-order valence-electron chi connectivity index (χ0n) is 9.47. The van der Waals surface area contributed by atoms with Gasteiger partial charge < -0.3 is 10.4 Å². The zero-order valence-corrected chi connectivity index (χ0v) is 9.47. The first-order valence-corrected chi connectivity index (χ1v) is 5.86. The predicted molar refractivity (Wildman–Crippen MR) is 59.7 cm³/mol. The van der Waals surface area contributed by atoms with E-state index in [-0.39, 0.29) is 17.4 Å². The van der Waals surface area contributed by atoms with E-state index in [0.717, 1.165) is 25.5 Å². The molecule has 3 fully saturated rings. The van der Waals surface area contributed by atoms with E-state index in [1.165, 1.54) is 6.07 Å². The van der Waals surface area contributed by atoms with Crippen molar-refractivity contribution in [2.45, 2.75) is 18.3 Å². The Balaban J connectivity index is 1.95. The van der Waals surface area contributed by atoms with Crippen molar-refractivity contribution in [2.24, 2.45) is 5.41 Å². The Morgan fingerprint density at radius 2 is 2.00 bits per heavy atom. The van der Waals surface area contributed by atoms with Crippen LogP contribution in [0.2, 0.25) is 0 Å². The molecule has 1 aliphatic carbocycles. The number of fused-ring (bicyclic) bond motifs is 2. The van der Waals surface area contributed by atoms with Crippen LogP contribution < -0.4 is 5.32 Å². The molecule has 2 nitrogen and oxygen atoms in total. The number of halogens is 2. The molecule has 4 heteroatoms. The summed E-state index contributed by atoms with van der Waals surface area (Å²) in [5.41, 5.74) is 0.230. The number of nitrogens with one attached hydrogen (secondary N) is 1. The normalized spacial score (nSPS) is 35.5. The fourth-order valence-electron chi connectivity index (χ4n) is 3.57. The monoisotopic (exact) mass is 239 g/mol. The van der Waals surface area contributed by atoms with Gasteiger partial charge in [-0.1, -0.05) is 6.07 Å². The molecule has 2 N–H and O–H groups in total. The quantitative estimate of drug-likeness (QED) is 0.821. The van der Waals surface area contributed by atoms with Crippen molar-refractivity contribution in [1.29, 1.82) is 0 Å². The van der Waals surface area contributed by atoms with Crippen LogP contribution in [-0.2, 0) is 5.41 Å². The van der Waals surface area contributed by atoms with Crippen LogP contribution in [0.5, 0.6) is 0 Å². The largest absolute Gasteiger partial charge is 0.396 e. The maximum Gasteiger partial charge on any atom is 0.129 e. The van der Waals surface area contributed by atoms with Gasteiger partial charge in [-0.25, -0.2) is 8.78 Å². The molecule has 1 aromatic carbocycles. The Hall–Kier alpha value is -1.00. The van der Waals surface area contributed by atoms with Crippen molar-refractivity contribution >= 4 is 0 Å². The van der Waals surface area contributed by atoms with Gasteiger partial charge in [-0.3, -0.25) is 0 Å². The number of aliphatic hydroxyl groups is 1. The van der Waals surface area contributed by atoms with Gasteiger partial charge in [0.15, 0.2) is 0 Å². The second-order valence-corrected chi connectivity index (χ2v) is 5.52. The first-order valence-electron chi connectivity index (χ1n) is 5.86. The van der Waals surface area contributed by atoms with Crippen molar-refractivity contribution < 1.29 is 13.9 Å². The zero-order chi connectivity index (χ0) is 12.1. The molecule has 0 aromatic heterocycles. The number of rotatable bonds is 2. The lowest BCUT2D eigenvalue weighted by atomic mass is 9.48. The molecule has 1 saturated carbocycles. The van der Waals surface area contributed by atoms with Crippen molar-refractivity contribution in [3.8, 4) is 0 Å². The SMILES string of the molecule is OCC12CNCC(c3ccc(F)cc3F)(C1)C2. The van der Waals surface area contributed by atoms with E-state index >= 15 is 0 Å². The van der Waals surface area contributed by atoms with Gasteiger partial charge in [0.2, 0.25) is 0 Å². The minimum Gasteiger partial charge on any atom is -0.396 e. The van der Waals surface area contributed by atoms with E-state index in [0.29, 0.717) is 12.1 Å². The number of piperidine rings is 2. The number of benzene rings is 1. The lowest BCUT2D eigenvalue weighted by Crippen LogP contribution is -2.65. The fraction of sp³-hybridized carbons (Fsp3) is 0.538. The highest BCUT2D eigenvalue weighted by molar-refractivity contribution is 5.35. The van der Waals surface area contributed by atoms with Crippen molar-refractivity contribution in [3.05, 3.63) is 35.4 Å². The minimum absolute atomic E-state index is 0.0981. The number of aliphatic hydroxyl groups excluding tert-OH is 1. The van der Waals surface area contributed by atoms with Crippen LogP contribution in [0.3, 0.4) is 0 Å². The van der Waals surface area contributed by atoms with Crippen LogP contribution in [0.25, 0.3) is 0 Å². The molecule has 4 rings (SSSR count). The van der Waals surface area contributed by atoms with E-state index in [9.17, 15) is 13.9 Å². The average Bonchev–Trinajstić information content (AvgIpc) is 2.28. The summed E-state index contributed by atoms with van der Waals surface area (Å²) in [7, 11) is 0. The Labute approximate surface area is 98.6 Å². The van der Waals surface area contributed by atoms with Gasteiger partial charge in [0, 0.05) is 36.6 Å². The molecule has 0 radical (unpaired) electrons. The Morgan fingerprint density at radius 3 is 2.65 bits per heavy atom. The number of hydrogen-bond acceptors (Lipinski definition) is 2. The fourth-order valence-corrected chi connectivity index (χ4v) is 3.57. The first kappa shape index (κ1) is 11.1. The van der Waals surface area contributed by atoms with Crippen LogP contribution in [0.15, 0.2) is 18.2 Å². The van der Waals surface area contributed by atoms with Crippen LogP contribution in [-0.4, -0.2) is 24.8 Å². The molecule has 0 amide bonds. The maximum absolute atomic E-state index is 13.8. The van der Waals surface area contributed by atoms with Gasteiger partial charge in [0.25, 0.3) is 0 Å². The highest BCUT2D eigenvalue weighted by Gasteiger charge is 2.58. The van der Waals surface area contributed by atoms with Crippen molar-refractivity contribution in [2.75, 3.05) is 19.7 Å². The van der Waals surface area contributed by atoms with E-state index < -0.39 is 11.6 Å². The smallest absolute Gasteiger partial charge is 0.129 e. The van der Waals surface area contributed by atoms with Crippen LogP contribution in [0.1, 0.15) is 18.4 Å². The second kappa shape index (κ2) is 3.50. The highest BCUT2D eigenvalue weighted by atomic mass is 19.1. The molecule has 2 heterocycles. The summed E-state index contributed by atoms with van der Waals surface area (Å²) < 4.78 is 26.7. The lowest BCUT2D eigenvalue weighted by molar-refractivity contribution is -0.0596. The lowest BCUT2D eigenvalue weighted by Gasteiger charge is -2.60. The molecule has 2 bridgehead atoms. The summed E-state index contributed by atoms with van der Waals surface area (Å²) in [6.45, 7) is 1.62. The third-order valence-electron chi connectivity index (χ3n) is 4.23. The molecule has 0 atom stereocenters. The van der Waals surface area contributed by atoms with E-state index in [1.807, 2.05) is 0 Å². The van der Waals surface area contributed by atoms with E-state index in [1.54, 1.807) is 6.07 Å². The highest BCUT2D eigenvalue weighted by Crippen LogP contribution is 2.57. The van der Waals surface area contributed by atoms with Gasteiger partial charge >= 0.3 is 0 Å². The maximum atomic E-state index is 13.8. The van der Waals surface area contributed by atoms with Crippen molar-refractivity contribution in [3.63, 3.8) is 0 Å². The van der Waals surface area contributed by atoms with Crippen molar-refractivity contribution in [1.82, 2.24) is 5.32 Å². The van der Waals surface area contributed by atoms with E-state index in [4.69, 9.17) is 0 Å². The summed E-state index contributed by atoms with van der Waals surface area (Å²) in [6, 6.07) is 3.79. The van der Waals surface area contributed by atoms with Crippen LogP contribution >= 0.6 is 0 Å². The molecular formula is C13H15F2NO. The summed E-state index contributed by atoms with van der Waals surface area (Å²) >= 11 is 0. The van der Waals surface area contributed by atoms with Gasteiger partial charge in [0.1, 0.15) is 11.6 Å². The molecule has 17 heavy (non-hydrogen) atoms. The first-order chi connectivity index (χ1) is 8.09. The Kier molecular flexibility index (Phi) is 2.28. The minimum atomic E-state index is -0.542. The third-order valence-corrected chi connectivity index (χ3v) is 4.23. The number of hydrogen-bond donors (Lipinski definition) is 2. The van der Waals surface area contributed by atoms with Crippen LogP contribution in [0, 0.1) is 17.0 Å². The van der Waals surface area contributed by atoms with Gasteiger partial charge in [-0.2, -0.15) is 0 Å². The summed E-state index contributed by atoms with van der Waals surface area (Å²) in [4.78, 5) is 0. The molecule has 0 unspecified atom stereocenters. The van der Waals surface area contributed by atoms with Crippen LogP contribution in [0.4, 0.5) is 8.78 Å². The molecule has 3 aliphatic rings. The van der Waals surface area contributed by atoms with Gasteiger partial charge in [-0.05, 0) is 24.5 Å². The molecule has 1 aromatic rings. The van der Waals surface area contributed by atoms with Gasteiger partial charge in [-0.15, -0.1) is 0 Å². The molecule has 2 aliphatic heterocycles. The average molecular weight is 239 g/mol. The summed E-state index contributed by atoms with van der Waals surface area (Å²) in [6.07, 6.45) is 1.57. The predicted octanol–water partition coefficient (Wildman–Crippen LogP) is 1.58.